The molecule has 5 aliphatic rings. The molecule has 5 aliphatic carbocycles. The number of nitrogens with zero attached hydrogens (tertiary/aromatic N) is 2. The number of nitrogens with two attached hydrogens (primary N) is 1. The summed E-state index contributed by atoms with van der Waals surface area (Å²) < 4.78 is 0. The van der Waals surface area contributed by atoms with Gasteiger partial charge in [0.1, 0.15) is 22.8 Å². The molecular formula is C30H36ClN3O7. The molecule has 0 spiro atoms. The number of fused-ring (bicyclic) bond motifs is 3. The number of primary amides is 1. The largest absolute Gasteiger partial charge is 0.508 e. The van der Waals surface area contributed by atoms with E-state index in [4.69, 9.17) is 17.3 Å². The average Bonchev–Trinajstić information content (AvgIpc) is 3.81. The minimum atomic E-state index is -2.66. The lowest BCUT2D eigenvalue weighted by molar-refractivity contribution is -0.153. The molecule has 0 saturated heterocycles. The maximum absolute atomic E-state index is 13.9. The summed E-state index contributed by atoms with van der Waals surface area (Å²) in [5.74, 6) is -5.33. The van der Waals surface area contributed by atoms with Crippen molar-refractivity contribution < 1.29 is 34.8 Å². The van der Waals surface area contributed by atoms with Gasteiger partial charge in [0, 0.05) is 36.1 Å². The third kappa shape index (κ3) is 4.47. The lowest BCUT2D eigenvalue weighted by atomic mass is 9.57. The summed E-state index contributed by atoms with van der Waals surface area (Å²) in [6.07, 6.45) is 5.09. The zero-order chi connectivity index (χ0) is 29.5. The number of aromatic hydroxyl groups is 1. The van der Waals surface area contributed by atoms with Gasteiger partial charge in [0.25, 0.3) is 5.91 Å². The van der Waals surface area contributed by atoms with Gasteiger partial charge in [-0.3, -0.25) is 24.2 Å². The number of aliphatic hydroxyl groups excluding tert-OH is 2. The van der Waals surface area contributed by atoms with Crippen LogP contribution in [0, 0.1) is 23.7 Å². The van der Waals surface area contributed by atoms with Gasteiger partial charge >= 0.3 is 0 Å². The second kappa shape index (κ2) is 9.83. The van der Waals surface area contributed by atoms with E-state index in [2.05, 4.69) is 4.90 Å². The van der Waals surface area contributed by atoms with Gasteiger partial charge in [-0.1, -0.05) is 11.6 Å². The number of hydrogen-bond acceptors (Lipinski definition) is 9. The Hall–Kier alpha value is -2.92. The maximum Gasteiger partial charge on any atom is 0.255 e. The number of aliphatic hydroxyl groups is 3. The Bertz CT molecular complexity index is 1410. The molecule has 0 unspecified atom stereocenters. The van der Waals surface area contributed by atoms with Crippen molar-refractivity contribution in [1.82, 2.24) is 9.80 Å². The van der Waals surface area contributed by atoms with Crippen LogP contribution < -0.4 is 5.73 Å². The molecule has 0 heterocycles. The molecule has 3 saturated carbocycles. The van der Waals surface area contributed by atoms with E-state index in [-0.39, 0.29) is 29.7 Å². The number of Topliss-reactive ketones (excluding diaryl/α,β-unsaturated/α-hetero) is 2. The van der Waals surface area contributed by atoms with Gasteiger partial charge in [0.05, 0.1) is 11.6 Å². The summed E-state index contributed by atoms with van der Waals surface area (Å²) in [6.45, 7) is 2.50. The molecule has 3 fully saturated rings. The number of phenolic OH excluding ortho intramolecular Hbond substituents is 1. The molecule has 41 heavy (non-hydrogen) atoms. The van der Waals surface area contributed by atoms with Crippen LogP contribution in [-0.2, 0) is 27.3 Å². The molecular weight excluding hydrogens is 550 g/mol. The molecule has 10 nitrogen and oxygen atoms in total. The van der Waals surface area contributed by atoms with Gasteiger partial charge in [-0.15, -0.1) is 0 Å². The van der Waals surface area contributed by atoms with Crippen LogP contribution in [0.3, 0.4) is 0 Å². The Morgan fingerprint density at radius 2 is 1.71 bits per heavy atom. The number of hydrogen-bond donors (Lipinski definition) is 5. The number of carbonyl (C=O) groups excluding carboxylic acids is 3. The van der Waals surface area contributed by atoms with Gasteiger partial charge in [-0.25, -0.2) is 0 Å². The van der Waals surface area contributed by atoms with E-state index >= 15 is 0 Å². The molecule has 11 heteroatoms. The molecule has 0 aromatic heterocycles. The highest BCUT2D eigenvalue weighted by Gasteiger charge is 2.64. The quantitative estimate of drug-likeness (QED) is 0.288. The van der Waals surface area contributed by atoms with Crippen molar-refractivity contribution in [1.29, 1.82) is 0 Å². The predicted molar refractivity (Wildman–Crippen MR) is 150 cm³/mol. The van der Waals surface area contributed by atoms with E-state index < -0.39 is 58.0 Å². The van der Waals surface area contributed by atoms with Crippen molar-refractivity contribution in [2.75, 3.05) is 27.2 Å². The van der Waals surface area contributed by atoms with E-state index in [1.165, 1.54) is 36.6 Å². The van der Waals surface area contributed by atoms with Crippen molar-refractivity contribution in [3.63, 3.8) is 0 Å². The maximum atomic E-state index is 13.9. The van der Waals surface area contributed by atoms with Crippen molar-refractivity contribution in [3.8, 4) is 5.75 Å². The summed E-state index contributed by atoms with van der Waals surface area (Å²) in [5, 5.41) is 45.6. The lowest BCUT2D eigenvalue weighted by Gasteiger charge is -2.50. The normalized spacial score (nSPS) is 29.7. The molecule has 6 rings (SSSR count). The highest BCUT2D eigenvalue weighted by atomic mass is 35.5. The zero-order valence-electron chi connectivity index (χ0n) is 23.2. The number of rotatable bonds is 8. The Morgan fingerprint density at radius 3 is 2.24 bits per heavy atom. The number of phenols is 1. The van der Waals surface area contributed by atoms with Crippen LogP contribution in [0.25, 0.3) is 5.76 Å². The second-order valence-corrected chi connectivity index (χ2v) is 13.1. The van der Waals surface area contributed by atoms with Gasteiger partial charge in [-0.2, -0.15) is 0 Å². The first-order chi connectivity index (χ1) is 19.3. The SMILES string of the molecule is CN(C)[C@@H]1C(=O)C(C(N)=O)=C(O)[C@@]2(O)C(=O)C3=C(O)c4c(O)cc(CN(CC5CC5)CC5CC5)c(Cl)c4C[C@H]3C[C@@H]12. The molecule has 0 bridgehead atoms. The van der Waals surface area contributed by atoms with E-state index in [0.29, 0.717) is 29.0 Å². The minimum absolute atomic E-state index is 0.0194. The van der Waals surface area contributed by atoms with Crippen LogP contribution in [-0.4, -0.2) is 86.5 Å². The van der Waals surface area contributed by atoms with Crippen LogP contribution in [0.5, 0.6) is 5.75 Å². The predicted octanol–water partition coefficient (Wildman–Crippen LogP) is 2.24. The number of halogens is 1. The monoisotopic (exact) mass is 585 g/mol. The summed E-state index contributed by atoms with van der Waals surface area (Å²) in [5.41, 5.74) is 2.97. The molecule has 220 valence electrons. The summed E-state index contributed by atoms with van der Waals surface area (Å²) in [6, 6.07) is 0.404. The number of carbonyl (C=O) groups is 3. The van der Waals surface area contributed by atoms with Crippen LogP contribution in [0.1, 0.15) is 48.8 Å². The van der Waals surface area contributed by atoms with Crippen LogP contribution in [0.15, 0.2) is 23.0 Å². The van der Waals surface area contributed by atoms with Gasteiger partial charge in [0.15, 0.2) is 11.4 Å². The third-order valence-electron chi connectivity index (χ3n) is 9.55. The standard InChI is InChI=1S/C30H36ClN3O7/c1-33(2)24-18-8-15-7-17-21(25(36)20(15)27(38)30(18,41)28(39)22(26(24)37)29(32)40)19(35)9-16(23(17)31)12-34(10-13-3-4-13)11-14-5-6-14/h9,13-15,18,24,35-36,39,41H,3-8,10-12H2,1-2H3,(H2,32,40)/t15-,18-,24-,30-/m0/s1. The molecule has 1 aromatic rings. The number of benzene rings is 1. The Labute approximate surface area is 243 Å². The third-order valence-corrected chi connectivity index (χ3v) is 10.0. The first-order valence-electron chi connectivity index (χ1n) is 14.2. The van der Waals surface area contributed by atoms with Gasteiger partial charge in [0.2, 0.25) is 5.78 Å². The fraction of sp³-hybridized carbons (Fsp3) is 0.567. The highest BCUT2D eigenvalue weighted by molar-refractivity contribution is 6.32. The molecule has 0 aliphatic heterocycles. The fourth-order valence-corrected chi connectivity index (χ4v) is 7.52. The van der Waals surface area contributed by atoms with Gasteiger partial charge < -0.3 is 26.2 Å². The van der Waals surface area contributed by atoms with Crippen LogP contribution in [0.4, 0.5) is 0 Å². The van der Waals surface area contributed by atoms with Crippen molar-refractivity contribution in [2.24, 2.45) is 29.4 Å². The number of ketones is 2. The summed E-state index contributed by atoms with van der Waals surface area (Å²) >= 11 is 6.96. The molecule has 6 N–H and O–H groups in total. The zero-order valence-corrected chi connectivity index (χ0v) is 23.9. The smallest absolute Gasteiger partial charge is 0.255 e. The molecule has 1 amide bonds. The lowest BCUT2D eigenvalue weighted by Crippen LogP contribution is -2.65. The molecule has 0 radical (unpaired) electrons. The Kier molecular flexibility index (Phi) is 6.76. The Balaban J connectivity index is 1.42. The van der Waals surface area contributed by atoms with E-state index in [9.17, 15) is 34.8 Å². The number of amides is 1. The van der Waals surface area contributed by atoms with Crippen molar-refractivity contribution >= 4 is 34.8 Å². The second-order valence-electron chi connectivity index (χ2n) is 12.8. The first-order valence-corrected chi connectivity index (χ1v) is 14.6. The highest BCUT2D eigenvalue weighted by Crippen LogP contribution is 2.53. The van der Waals surface area contributed by atoms with Crippen LogP contribution >= 0.6 is 11.6 Å². The van der Waals surface area contributed by atoms with E-state index in [1.807, 2.05) is 0 Å². The van der Waals surface area contributed by atoms with Gasteiger partial charge in [-0.05, 0) is 87.6 Å². The first kappa shape index (κ1) is 28.2. The fourth-order valence-electron chi connectivity index (χ4n) is 7.24. The van der Waals surface area contributed by atoms with E-state index in [0.717, 1.165) is 18.7 Å². The number of likely N-dealkylation sites (N-methyl/N-ethyl adjacent to an activating group) is 1. The average molecular weight is 586 g/mol. The Morgan fingerprint density at radius 1 is 1.10 bits per heavy atom. The minimum Gasteiger partial charge on any atom is -0.508 e. The summed E-state index contributed by atoms with van der Waals surface area (Å²) in [7, 11) is 3.15. The molecule has 1 aromatic carbocycles. The molecule has 4 atom stereocenters. The summed E-state index contributed by atoms with van der Waals surface area (Å²) in [4.78, 5) is 43.2. The topological polar surface area (TPSA) is 165 Å². The van der Waals surface area contributed by atoms with Crippen molar-refractivity contribution in [3.05, 3.63) is 44.7 Å². The van der Waals surface area contributed by atoms with Crippen molar-refractivity contribution in [2.45, 2.75) is 56.7 Å². The van der Waals surface area contributed by atoms with E-state index in [1.54, 1.807) is 14.1 Å². The van der Waals surface area contributed by atoms with Crippen LogP contribution in [0.2, 0.25) is 5.02 Å².